The van der Waals surface area contributed by atoms with E-state index < -0.39 is 24.8 Å². The SMILES string of the molecule is CCCCCCCCCCCCCCCCC(OCC)C(=O)OCC(O)CO. The Morgan fingerprint density at radius 2 is 1.25 bits per heavy atom. The summed E-state index contributed by atoms with van der Waals surface area (Å²) in [6.07, 6.45) is 17.3. The highest BCUT2D eigenvalue weighted by atomic mass is 16.6. The lowest BCUT2D eigenvalue weighted by atomic mass is 10.0. The highest BCUT2D eigenvalue weighted by Gasteiger charge is 2.20. The van der Waals surface area contributed by atoms with Gasteiger partial charge in [-0.2, -0.15) is 0 Å². The number of carbonyl (C=O) groups excluding carboxylic acids is 1. The first kappa shape index (κ1) is 27.4. The van der Waals surface area contributed by atoms with Crippen LogP contribution in [0.25, 0.3) is 0 Å². The average molecular weight is 403 g/mol. The maximum atomic E-state index is 12.0. The van der Waals surface area contributed by atoms with Crippen molar-refractivity contribution in [2.45, 2.75) is 122 Å². The molecule has 0 bridgehead atoms. The molecular formula is C23H46O5. The molecule has 0 radical (unpaired) electrons. The predicted molar refractivity (Wildman–Crippen MR) is 114 cm³/mol. The Bertz CT molecular complexity index is 335. The van der Waals surface area contributed by atoms with Gasteiger partial charge >= 0.3 is 5.97 Å². The summed E-state index contributed by atoms with van der Waals surface area (Å²) in [5.41, 5.74) is 0. The topological polar surface area (TPSA) is 76.0 Å². The van der Waals surface area contributed by atoms with Crippen LogP contribution in [-0.2, 0) is 14.3 Å². The first-order valence-corrected chi connectivity index (χ1v) is 11.7. The Hall–Kier alpha value is -0.650. The molecule has 5 heteroatoms. The number of unbranched alkanes of at least 4 members (excludes halogenated alkanes) is 13. The largest absolute Gasteiger partial charge is 0.461 e. The number of rotatable bonds is 21. The molecule has 0 aromatic carbocycles. The van der Waals surface area contributed by atoms with Crippen LogP contribution < -0.4 is 0 Å². The minimum absolute atomic E-state index is 0.183. The molecule has 0 amide bonds. The van der Waals surface area contributed by atoms with E-state index in [2.05, 4.69) is 6.92 Å². The van der Waals surface area contributed by atoms with Crippen molar-refractivity contribution < 1.29 is 24.5 Å². The summed E-state index contributed by atoms with van der Waals surface area (Å²) >= 11 is 0. The first-order valence-electron chi connectivity index (χ1n) is 11.7. The molecule has 2 N–H and O–H groups in total. The third kappa shape index (κ3) is 17.4. The van der Waals surface area contributed by atoms with Crippen molar-refractivity contribution in [3.8, 4) is 0 Å². The molecule has 28 heavy (non-hydrogen) atoms. The van der Waals surface area contributed by atoms with Crippen molar-refractivity contribution in [1.82, 2.24) is 0 Å². The third-order valence-corrected chi connectivity index (χ3v) is 5.08. The van der Waals surface area contributed by atoms with Gasteiger partial charge < -0.3 is 19.7 Å². The van der Waals surface area contributed by atoms with E-state index in [-0.39, 0.29) is 6.61 Å². The van der Waals surface area contributed by atoms with Crippen LogP contribution in [0.5, 0.6) is 0 Å². The van der Waals surface area contributed by atoms with Crippen LogP contribution in [-0.4, -0.2) is 48.2 Å². The lowest BCUT2D eigenvalue weighted by molar-refractivity contribution is -0.161. The molecule has 5 nitrogen and oxygen atoms in total. The second-order valence-electron chi connectivity index (χ2n) is 7.80. The quantitative estimate of drug-likeness (QED) is 0.205. The standard InChI is InChI=1S/C23H46O5/c1-3-5-6-7-8-9-10-11-12-13-14-15-16-17-18-22(27-4-2)23(26)28-20-21(25)19-24/h21-22,24-25H,3-20H2,1-2H3. The molecule has 0 aliphatic carbocycles. The van der Waals surface area contributed by atoms with Crippen LogP contribution in [0.1, 0.15) is 110 Å². The maximum absolute atomic E-state index is 12.0. The minimum atomic E-state index is -1.02. The van der Waals surface area contributed by atoms with Crippen molar-refractivity contribution in [1.29, 1.82) is 0 Å². The van der Waals surface area contributed by atoms with Gasteiger partial charge in [-0.15, -0.1) is 0 Å². The summed E-state index contributed by atoms with van der Waals surface area (Å²) < 4.78 is 10.5. The molecule has 0 aromatic rings. The monoisotopic (exact) mass is 402 g/mol. The summed E-state index contributed by atoms with van der Waals surface area (Å²) in [5.74, 6) is -0.441. The van der Waals surface area contributed by atoms with Gasteiger partial charge in [0.05, 0.1) is 6.61 Å². The van der Waals surface area contributed by atoms with Gasteiger partial charge in [-0.05, 0) is 13.3 Å². The molecule has 0 heterocycles. The highest BCUT2D eigenvalue weighted by molar-refractivity contribution is 5.74. The van der Waals surface area contributed by atoms with Gasteiger partial charge in [0.2, 0.25) is 0 Å². The zero-order valence-corrected chi connectivity index (χ0v) is 18.5. The van der Waals surface area contributed by atoms with Crippen LogP contribution in [0.3, 0.4) is 0 Å². The van der Waals surface area contributed by atoms with Gasteiger partial charge in [0, 0.05) is 6.61 Å². The van der Waals surface area contributed by atoms with E-state index >= 15 is 0 Å². The van der Waals surface area contributed by atoms with Crippen LogP contribution in [0.15, 0.2) is 0 Å². The molecule has 0 aromatic heterocycles. The molecule has 0 aliphatic heterocycles. The van der Waals surface area contributed by atoms with Crippen LogP contribution in [0, 0.1) is 0 Å². The molecule has 0 fully saturated rings. The minimum Gasteiger partial charge on any atom is -0.461 e. The Morgan fingerprint density at radius 1 is 0.786 bits per heavy atom. The van der Waals surface area contributed by atoms with Gasteiger partial charge in [-0.3, -0.25) is 0 Å². The molecule has 0 saturated heterocycles. The fourth-order valence-corrected chi connectivity index (χ4v) is 3.32. The summed E-state index contributed by atoms with van der Waals surface area (Å²) in [5, 5.41) is 18.0. The number of esters is 1. The number of carbonyl (C=O) groups is 1. The lowest BCUT2D eigenvalue weighted by Gasteiger charge is -2.17. The summed E-state index contributed by atoms with van der Waals surface area (Å²) in [4.78, 5) is 12.0. The number of hydrogen-bond acceptors (Lipinski definition) is 5. The number of ether oxygens (including phenoxy) is 2. The molecule has 2 atom stereocenters. The Morgan fingerprint density at radius 3 is 1.68 bits per heavy atom. The van der Waals surface area contributed by atoms with E-state index in [1.807, 2.05) is 6.92 Å². The fraction of sp³-hybridized carbons (Fsp3) is 0.957. The first-order chi connectivity index (χ1) is 13.7. The van der Waals surface area contributed by atoms with Gasteiger partial charge in [0.15, 0.2) is 6.10 Å². The molecule has 168 valence electrons. The normalized spacial score (nSPS) is 13.4. The zero-order chi connectivity index (χ0) is 20.9. The van der Waals surface area contributed by atoms with Gasteiger partial charge in [0.1, 0.15) is 12.7 Å². The van der Waals surface area contributed by atoms with Crippen LogP contribution in [0.2, 0.25) is 0 Å². The second kappa shape index (κ2) is 21.1. The third-order valence-electron chi connectivity index (χ3n) is 5.08. The Balaban J connectivity index is 3.53. The van der Waals surface area contributed by atoms with Crippen molar-refractivity contribution in [2.24, 2.45) is 0 Å². The van der Waals surface area contributed by atoms with E-state index in [4.69, 9.17) is 14.6 Å². The van der Waals surface area contributed by atoms with Crippen molar-refractivity contribution in [3.05, 3.63) is 0 Å². The molecule has 0 aliphatic rings. The molecular weight excluding hydrogens is 356 g/mol. The summed E-state index contributed by atoms with van der Waals surface area (Å²) in [6, 6.07) is 0. The Kier molecular flexibility index (Phi) is 20.6. The van der Waals surface area contributed by atoms with E-state index in [9.17, 15) is 9.90 Å². The smallest absolute Gasteiger partial charge is 0.335 e. The molecule has 0 saturated carbocycles. The molecule has 0 spiro atoms. The van der Waals surface area contributed by atoms with Gasteiger partial charge in [-0.1, -0.05) is 96.8 Å². The number of hydrogen-bond donors (Lipinski definition) is 2. The van der Waals surface area contributed by atoms with E-state index in [0.717, 1.165) is 12.8 Å². The highest BCUT2D eigenvalue weighted by Crippen LogP contribution is 2.14. The lowest BCUT2D eigenvalue weighted by Crippen LogP contribution is -2.30. The zero-order valence-electron chi connectivity index (χ0n) is 18.5. The average Bonchev–Trinajstić information content (AvgIpc) is 2.71. The maximum Gasteiger partial charge on any atom is 0.335 e. The van der Waals surface area contributed by atoms with E-state index in [0.29, 0.717) is 13.0 Å². The summed E-state index contributed by atoms with van der Waals surface area (Å²) in [7, 11) is 0. The van der Waals surface area contributed by atoms with Crippen molar-refractivity contribution >= 4 is 5.97 Å². The fourth-order valence-electron chi connectivity index (χ4n) is 3.32. The predicted octanol–water partition coefficient (Wildman–Crippen LogP) is 5.16. The van der Waals surface area contributed by atoms with E-state index in [1.165, 1.54) is 77.0 Å². The molecule has 0 rings (SSSR count). The molecule has 2 unspecified atom stereocenters. The van der Waals surface area contributed by atoms with Gasteiger partial charge in [0.25, 0.3) is 0 Å². The van der Waals surface area contributed by atoms with Crippen molar-refractivity contribution in [2.75, 3.05) is 19.8 Å². The van der Waals surface area contributed by atoms with Crippen LogP contribution in [0.4, 0.5) is 0 Å². The van der Waals surface area contributed by atoms with Crippen LogP contribution >= 0.6 is 0 Å². The summed E-state index contributed by atoms with van der Waals surface area (Å²) in [6.45, 7) is 3.98. The number of aliphatic hydroxyl groups is 2. The Labute approximate surface area is 173 Å². The second-order valence-corrected chi connectivity index (χ2v) is 7.80. The van der Waals surface area contributed by atoms with E-state index in [1.54, 1.807) is 0 Å². The van der Waals surface area contributed by atoms with Crippen molar-refractivity contribution in [3.63, 3.8) is 0 Å². The number of aliphatic hydroxyl groups excluding tert-OH is 2. The van der Waals surface area contributed by atoms with Gasteiger partial charge in [-0.25, -0.2) is 4.79 Å².